The minimum atomic E-state index is -1.15. The molecule has 0 aromatic heterocycles. The molecule has 25 heavy (non-hydrogen) atoms. The summed E-state index contributed by atoms with van der Waals surface area (Å²) in [7, 11) is 0. The number of carboxylic acid groups (broad SMARTS) is 1. The fraction of sp³-hybridized carbons (Fsp3) is 0.263. The van der Waals surface area contributed by atoms with Gasteiger partial charge >= 0.3 is 12.1 Å². The average molecular weight is 341 g/mol. The third-order valence-corrected chi connectivity index (χ3v) is 4.25. The van der Waals surface area contributed by atoms with Gasteiger partial charge in [0.25, 0.3) is 0 Å². The highest BCUT2D eigenvalue weighted by molar-refractivity contribution is 5.78. The standard InChI is InChI=1S/C19H19NO5/c21-9-8-20(11-18(22)23)19(24)25-12-14-5-3-7-16-15-6-2-1-4-13(15)10-17(14)16/h1-7,21H,8-12H2,(H,22,23). The number of ether oxygens (including phenoxy) is 1. The van der Waals surface area contributed by atoms with E-state index in [9.17, 15) is 9.59 Å². The van der Waals surface area contributed by atoms with E-state index in [4.69, 9.17) is 14.9 Å². The molecule has 0 aliphatic heterocycles. The van der Waals surface area contributed by atoms with Crippen LogP contribution in [0.3, 0.4) is 0 Å². The maximum Gasteiger partial charge on any atom is 0.410 e. The van der Waals surface area contributed by atoms with E-state index in [2.05, 4.69) is 18.2 Å². The molecule has 0 atom stereocenters. The lowest BCUT2D eigenvalue weighted by atomic mass is 10.0. The lowest BCUT2D eigenvalue weighted by molar-refractivity contribution is -0.138. The number of carbonyl (C=O) groups is 2. The summed E-state index contributed by atoms with van der Waals surface area (Å²) in [6, 6.07) is 14.0. The second kappa shape index (κ2) is 7.36. The molecule has 130 valence electrons. The Kier molecular flexibility index (Phi) is 5.00. The molecule has 0 bridgehead atoms. The van der Waals surface area contributed by atoms with Crippen molar-refractivity contribution >= 4 is 12.1 Å². The van der Waals surface area contributed by atoms with Crippen LogP contribution in [0.2, 0.25) is 0 Å². The molecule has 2 aromatic carbocycles. The third-order valence-electron chi connectivity index (χ3n) is 4.25. The van der Waals surface area contributed by atoms with Crippen molar-refractivity contribution in [3.8, 4) is 11.1 Å². The predicted octanol–water partition coefficient (Wildman–Crippen LogP) is 2.27. The van der Waals surface area contributed by atoms with Gasteiger partial charge in [0, 0.05) is 6.54 Å². The number of hydrogen-bond donors (Lipinski definition) is 2. The van der Waals surface area contributed by atoms with Crippen LogP contribution in [-0.2, 0) is 22.6 Å². The summed E-state index contributed by atoms with van der Waals surface area (Å²) in [5.74, 6) is -1.15. The van der Waals surface area contributed by atoms with Crippen molar-refractivity contribution in [2.75, 3.05) is 19.7 Å². The van der Waals surface area contributed by atoms with Gasteiger partial charge in [-0.1, -0.05) is 42.5 Å². The van der Waals surface area contributed by atoms with Gasteiger partial charge in [-0.3, -0.25) is 9.69 Å². The molecule has 0 saturated heterocycles. The first-order valence-electron chi connectivity index (χ1n) is 8.03. The minimum Gasteiger partial charge on any atom is -0.480 e. The minimum absolute atomic E-state index is 0.0670. The molecule has 1 aliphatic carbocycles. The molecule has 1 aliphatic rings. The molecule has 2 aromatic rings. The highest BCUT2D eigenvalue weighted by Crippen LogP contribution is 2.38. The van der Waals surface area contributed by atoms with Gasteiger partial charge in [-0.15, -0.1) is 0 Å². The van der Waals surface area contributed by atoms with Gasteiger partial charge in [-0.2, -0.15) is 0 Å². The Labute approximate surface area is 145 Å². The zero-order valence-electron chi connectivity index (χ0n) is 13.6. The Morgan fingerprint density at radius 2 is 1.84 bits per heavy atom. The van der Waals surface area contributed by atoms with Gasteiger partial charge in [0.2, 0.25) is 0 Å². The van der Waals surface area contributed by atoms with E-state index in [-0.39, 0.29) is 19.8 Å². The molecule has 0 unspecified atom stereocenters. The molecule has 1 amide bonds. The van der Waals surface area contributed by atoms with E-state index in [1.54, 1.807) is 0 Å². The summed E-state index contributed by atoms with van der Waals surface area (Å²) >= 11 is 0. The molecule has 0 fully saturated rings. The van der Waals surface area contributed by atoms with Crippen LogP contribution in [0, 0.1) is 0 Å². The largest absolute Gasteiger partial charge is 0.480 e. The molecule has 0 heterocycles. The number of rotatable bonds is 6. The maximum atomic E-state index is 12.1. The molecular formula is C19H19NO5. The highest BCUT2D eigenvalue weighted by atomic mass is 16.6. The molecular weight excluding hydrogens is 322 g/mol. The van der Waals surface area contributed by atoms with Crippen molar-refractivity contribution in [2.24, 2.45) is 0 Å². The fourth-order valence-corrected chi connectivity index (χ4v) is 3.11. The molecule has 0 radical (unpaired) electrons. The summed E-state index contributed by atoms with van der Waals surface area (Å²) in [4.78, 5) is 23.9. The van der Waals surface area contributed by atoms with Gasteiger partial charge in [0.1, 0.15) is 13.2 Å². The number of carboxylic acids is 1. The van der Waals surface area contributed by atoms with Crippen LogP contribution in [0.15, 0.2) is 42.5 Å². The normalized spacial score (nSPS) is 11.6. The smallest absolute Gasteiger partial charge is 0.410 e. The summed E-state index contributed by atoms with van der Waals surface area (Å²) in [6.07, 6.45) is 0.0406. The first-order chi connectivity index (χ1) is 12.1. The van der Waals surface area contributed by atoms with Crippen LogP contribution in [0.25, 0.3) is 11.1 Å². The van der Waals surface area contributed by atoms with Crippen molar-refractivity contribution in [3.63, 3.8) is 0 Å². The van der Waals surface area contributed by atoms with Gasteiger partial charge < -0.3 is 14.9 Å². The van der Waals surface area contributed by atoms with Crippen LogP contribution >= 0.6 is 0 Å². The van der Waals surface area contributed by atoms with Crippen molar-refractivity contribution in [2.45, 2.75) is 13.0 Å². The molecule has 2 N–H and O–H groups in total. The monoisotopic (exact) mass is 341 g/mol. The van der Waals surface area contributed by atoms with E-state index in [0.717, 1.165) is 28.0 Å². The van der Waals surface area contributed by atoms with Crippen LogP contribution in [0.1, 0.15) is 16.7 Å². The fourth-order valence-electron chi connectivity index (χ4n) is 3.11. The number of fused-ring (bicyclic) bond motifs is 3. The first kappa shape index (κ1) is 17.0. The number of carbonyl (C=O) groups excluding carboxylic acids is 1. The number of aliphatic hydroxyl groups excluding tert-OH is 1. The Bertz CT molecular complexity index is 802. The Morgan fingerprint density at radius 1 is 1.08 bits per heavy atom. The van der Waals surface area contributed by atoms with Gasteiger partial charge in [-0.05, 0) is 34.2 Å². The molecule has 3 rings (SSSR count). The zero-order chi connectivity index (χ0) is 17.8. The number of hydrogen-bond acceptors (Lipinski definition) is 4. The highest BCUT2D eigenvalue weighted by Gasteiger charge is 2.22. The molecule has 0 saturated carbocycles. The lowest BCUT2D eigenvalue weighted by Crippen LogP contribution is -2.38. The number of aliphatic hydroxyl groups is 1. The Balaban J connectivity index is 1.73. The predicted molar refractivity (Wildman–Crippen MR) is 91.2 cm³/mol. The van der Waals surface area contributed by atoms with Crippen molar-refractivity contribution in [3.05, 3.63) is 59.2 Å². The third kappa shape index (κ3) is 3.64. The van der Waals surface area contributed by atoms with Crippen molar-refractivity contribution in [1.29, 1.82) is 0 Å². The van der Waals surface area contributed by atoms with Crippen molar-refractivity contribution in [1.82, 2.24) is 4.90 Å². The summed E-state index contributed by atoms with van der Waals surface area (Å²) in [6.45, 7) is -0.836. The summed E-state index contributed by atoms with van der Waals surface area (Å²) in [5, 5.41) is 17.8. The second-order valence-electron chi connectivity index (χ2n) is 5.87. The van der Waals surface area contributed by atoms with E-state index in [1.807, 2.05) is 24.3 Å². The van der Waals surface area contributed by atoms with Crippen molar-refractivity contribution < 1.29 is 24.5 Å². The Hall–Kier alpha value is -2.86. The Morgan fingerprint density at radius 3 is 2.60 bits per heavy atom. The number of nitrogens with zero attached hydrogens (tertiary/aromatic N) is 1. The number of amides is 1. The van der Waals surface area contributed by atoms with E-state index >= 15 is 0 Å². The van der Waals surface area contributed by atoms with Crippen LogP contribution in [-0.4, -0.2) is 46.9 Å². The molecule has 6 nitrogen and oxygen atoms in total. The zero-order valence-corrected chi connectivity index (χ0v) is 13.6. The summed E-state index contributed by atoms with van der Waals surface area (Å²) in [5.41, 5.74) is 5.61. The van der Waals surface area contributed by atoms with E-state index in [1.165, 1.54) is 11.1 Å². The van der Waals surface area contributed by atoms with Crippen LogP contribution in [0.5, 0.6) is 0 Å². The SMILES string of the molecule is O=C(O)CN(CCO)C(=O)OCc1cccc2c1Cc1ccccc1-2. The van der Waals surface area contributed by atoms with Crippen LogP contribution in [0.4, 0.5) is 4.79 Å². The van der Waals surface area contributed by atoms with Gasteiger partial charge in [0.15, 0.2) is 0 Å². The molecule has 6 heteroatoms. The average Bonchev–Trinajstić information content (AvgIpc) is 2.98. The second-order valence-corrected chi connectivity index (χ2v) is 5.87. The quantitative estimate of drug-likeness (QED) is 0.718. The summed E-state index contributed by atoms with van der Waals surface area (Å²) < 4.78 is 5.28. The molecule has 0 spiro atoms. The number of benzene rings is 2. The lowest BCUT2D eigenvalue weighted by Gasteiger charge is -2.19. The van der Waals surface area contributed by atoms with E-state index < -0.39 is 18.6 Å². The maximum absolute atomic E-state index is 12.1. The topological polar surface area (TPSA) is 87.1 Å². The van der Waals surface area contributed by atoms with Gasteiger partial charge in [-0.25, -0.2) is 4.79 Å². The van der Waals surface area contributed by atoms with Gasteiger partial charge in [0.05, 0.1) is 6.61 Å². The first-order valence-corrected chi connectivity index (χ1v) is 8.03. The number of aliphatic carboxylic acids is 1. The van der Waals surface area contributed by atoms with E-state index in [0.29, 0.717) is 0 Å². The van der Waals surface area contributed by atoms with Crippen LogP contribution < -0.4 is 0 Å².